The summed E-state index contributed by atoms with van der Waals surface area (Å²) in [6.45, 7) is 4.33. The first-order valence-corrected chi connectivity index (χ1v) is 9.99. The number of aromatic nitrogens is 3. The molecule has 2 aromatic carbocycles. The van der Waals surface area contributed by atoms with Gasteiger partial charge in [-0.15, -0.1) is 10.2 Å². The molecule has 0 saturated heterocycles. The van der Waals surface area contributed by atoms with Crippen LogP contribution in [0, 0.1) is 0 Å². The van der Waals surface area contributed by atoms with E-state index in [0.29, 0.717) is 21.8 Å². The summed E-state index contributed by atoms with van der Waals surface area (Å²) in [4.78, 5) is 12.2. The second-order valence-electron chi connectivity index (χ2n) is 6.46. The zero-order valence-corrected chi connectivity index (χ0v) is 17.0. The summed E-state index contributed by atoms with van der Waals surface area (Å²) in [7, 11) is 1.90. The summed E-state index contributed by atoms with van der Waals surface area (Å²) in [6.07, 6.45) is 0. The van der Waals surface area contributed by atoms with Gasteiger partial charge >= 0.3 is 0 Å². The smallest absolute Gasteiger partial charge is 0.234 e. The molecule has 3 aromatic rings. The normalized spacial score (nSPS) is 11.0. The molecule has 0 aliphatic rings. The van der Waals surface area contributed by atoms with Gasteiger partial charge in [-0.25, -0.2) is 0 Å². The number of carbonyl (C=O) groups excluding carboxylic acids is 1. The minimum absolute atomic E-state index is 0.140. The van der Waals surface area contributed by atoms with Crippen molar-refractivity contribution in [1.82, 2.24) is 14.8 Å². The van der Waals surface area contributed by atoms with E-state index in [1.165, 1.54) is 17.3 Å². The number of rotatable bonds is 6. The first-order chi connectivity index (χ1) is 13.0. The molecule has 0 spiro atoms. The maximum Gasteiger partial charge on any atom is 0.234 e. The molecular formula is C20H21ClN4OS. The minimum Gasteiger partial charge on any atom is -0.324 e. The second-order valence-corrected chi connectivity index (χ2v) is 7.81. The molecule has 7 heteroatoms. The molecule has 140 valence electrons. The predicted molar refractivity (Wildman–Crippen MR) is 111 cm³/mol. The number of nitrogens with zero attached hydrogens (tertiary/aromatic N) is 3. The summed E-state index contributed by atoms with van der Waals surface area (Å²) in [5, 5.41) is 12.5. The number of hydrogen-bond donors (Lipinski definition) is 1. The zero-order valence-electron chi connectivity index (χ0n) is 15.4. The maximum absolute atomic E-state index is 12.2. The first-order valence-electron chi connectivity index (χ1n) is 8.62. The molecule has 0 aliphatic heterocycles. The number of halogens is 1. The zero-order chi connectivity index (χ0) is 19.4. The van der Waals surface area contributed by atoms with Crippen molar-refractivity contribution in [3.63, 3.8) is 0 Å². The van der Waals surface area contributed by atoms with Crippen molar-refractivity contribution in [3.8, 4) is 11.4 Å². The lowest BCUT2D eigenvalue weighted by atomic mass is 10.0. The highest BCUT2D eigenvalue weighted by Crippen LogP contribution is 2.25. The van der Waals surface area contributed by atoms with E-state index in [1.807, 2.05) is 23.7 Å². The SMILES string of the molecule is CC(C)c1ccc(-c2nnc(SCC(=O)Nc3ccccc3Cl)n2C)cc1. The van der Waals surface area contributed by atoms with E-state index < -0.39 is 0 Å². The topological polar surface area (TPSA) is 59.8 Å². The van der Waals surface area contributed by atoms with Gasteiger partial charge in [0, 0.05) is 12.6 Å². The van der Waals surface area contributed by atoms with Crippen LogP contribution in [0.15, 0.2) is 53.7 Å². The Kier molecular flexibility index (Phi) is 6.19. The number of carbonyl (C=O) groups is 1. The van der Waals surface area contributed by atoms with E-state index >= 15 is 0 Å². The number of amides is 1. The molecule has 1 aromatic heterocycles. The maximum atomic E-state index is 12.2. The van der Waals surface area contributed by atoms with E-state index in [-0.39, 0.29) is 11.7 Å². The van der Waals surface area contributed by atoms with Crippen molar-refractivity contribution in [2.24, 2.45) is 7.05 Å². The number of anilines is 1. The lowest BCUT2D eigenvalue weighted by Gasteiger charge is -2.08. The summed E-state index contributed by atoms with van der Waals surface area (Å²) in [6, 6.07) is 15.5. The van der Waals surface area contributed by atoms with Gasteiger partial charge in [-0.1, -0.05) is 73.6 Å². The van der Waals surface area contributed by atoms with Gasteiger partial charge in [0.2, 0.25) is 5.91 Å². The highest BCUT2D eigenvalue weighted by molar-refractivity contribution is 7.99. The van der Waals surface area contributed by atoms with Crippen LogP contribution >= 0.6 is 23.4 Å². The highest BCUT2D eigenvalue weighted by Gasteiger charge is 2.14. The van der Waals surface area contributed by atoms with Crippen LogP contribution in [0.25, 0.3) is 11.4 Å². The Bertz CT molecular complexity index is 937. The molecule has 0 atom stereocenters. The van der Waals surface area contributed by atoms with Crippen LogP contribution in [0.1, 0.15) is 25.3 Å². The molecule has 0 aliphatic carbocycles. The summed E-state index contributed by atoms with van der Waals surface area (Å²) in [5.41, 5.74) is 2.89. The standard InChI is InChI=1S/C20H21ClN4OS/c1-13(2)14-8-10-15(11-9-14)19-23-24-20(25(19)3)27-12-18(26)22-17-7-5-4-6-16(17)21/h4-11,13H,12H2,1-3H3,(H,22,26). The first kappa shape index (κ1) is 19.5. The number of nitrogens with one attached hydrogen (secondary N) is 1. The van der Waals surface area contributed by atoms with Crippen LogP contribution in [-0.4, -0.2) is 26.4 Å². The van der Waals surface area contributed by atoms with Crippen LogP contribution in [0.4, 0.5) is 5.69 Å². The molecule has 5 nitrogen and oxygen atoms in total. The van der Waals surface area contributed by atoms with Gasteiger partial charge in [-0.2, -0.15) is 0 Å². The lowest BCUT2D eigenvalue weighted by Crippen LogP contribution is -2.14. The van der Waals surface area contributed by atoms with Gasteiger partial charge in [0.05, 0.1) is 16.5 Å². The van der Waals surface area contributed by atoms with Crippen LogP contribution in [0.3, 0.4) is 0 Å². The van der Waals surface area contributed by atoms with Gasteiger partial charge < -0.3 is 9.88 Å². The Morgan fingerprint density at radius 1 is 1.15 bits per heavy atom. The van der Waals surface area contributed by atoms with E-state index in [4.69, 9.17) is 11.6 Å². The van der Waals surface area contributed by atoms with E-state index in [0.717, 1.165) is 11.4 Å². The number of hydrogen-bond acceptors (Lipinski definition) is 4. The van der Waals surface area contributed by atoms with Crippen molar-refractivity contribution in [1.29, 1.82) is 0 Å². The molecule has 0 bridgehead atoms. The van der Waals surface area contributed by atoms with Crippen molar-refractivity contribution in [2.75, 3.05) is 11.1 Å². The predicted octanol–water partition coefficient (Wildman–Crippen LogP) is 4.99. The van der Waals surface area contributed by atoms with Crippen molar-refractivity contribution < 1.29 is 4.79 Å². The Hall–Kier alpha value is -2.31. The average Bonchev–Trinajstić information content (AvgIpc) is 3.02. The number of benzene rings is 2. The highest BCUT2D eigenvalue weighted by atomic mass is 35.5. The van der Waals surface area contributed by atoms with Gasteiger partial charge in [-0.05, 0) is 23.6 Å². The molecule has 1 N–H and O–H groups in total. The van der Waals surface area contributed by atoms with E-state index in [9.17, 15) is 4.79 Å². The molecule has 27 heavy (non-hydrogen) atoms. The summed E-state index contributed by atoms with van der Waals surface area (Å²) < 4.78 is 1.90. The lowest BCUT2D eigenvalue weighted by molar-refractivity contribution is -0.113. The van der Waals surface area contributed by atoms with Gasteiger partial charge in [0.15, 0.2) is 11.0 Å². The molecule has 3 rings (SSSR count). The molecule has 0 fully saturated rings. The minimum atomic E-state index is -0.140. The van der Waals surface area contributed by atoms with Crippen LogP contribution in [0.2, 0.25) is 5.02 Å². The van der Waals surface area contributed by atoms with Crippen molar-refractivity contribution in [2.45, 2.75) is 24.9 Å². The third-order valence-corrected chi connectivity index (χ3v) is 5.50. The quantitative estimate of drug-likeness (QED) is 0.592. The van der Waals surface area contributed by atoms with Crippen molar-refractivity contribution in [3.05, 3.63) is 59.1 Å². The molecule has 0 unspecified atom stereocenters. The Balaban J connectivity index is 1.65. The van der Waals surface area contributed by atoms with Gasteiger partial charge in [-0.3, -0.25) is 4.79 Å². The Morgan fingerprint density at radius 2 is 1.85 bits per heavy atom. The third kappa shape index (κ3) is 4.70. The fourth-order valence-corrected chi connectivity index (χ4v) is 3.48. The fourth-order valence-electron chi connectivity index (χ4n) is 2.59. The third-order valence-electron chi connectivity index (χ3n) is 4.15. The number of thioether (sulfide) groups is 1. The Morgan fingerprint density at radius 3 is 2.52 bits per heavy atom. The van der Waals surface area contributed by atoms with Gasteiger partial charge in [0.25, 0.3) is 0 Å². The second kappa shape index (κ2) is 8.59. The summed E-state index contributed by atoms with van der Waals surface area (Å²) >= 11 is 7.40. The fraction of sp³-hybridized carbons (Fsp3) is 0.250. The molecule has 0 radical (unpaired) electrons. The number of para-hydroxylation sites is 1. The monoisotopic (exact) mass is 400 g/mol. The van der Waals surface area contributed by atoms with Crippen LogP contribution in [0.5, 0.6) is 0 Å². The molecule has 1 amide bonds. The Labute approximate surface area is 168 Å². The molecule has 0 saturated carbocycles. The molecular weight excluding hydrogens is 380 g/mol. The largest absolute Gasteiger partial charge is 0.324 e. The van der Waals surface area contributed by atoms with E-state index in [1.54, 1.807) is 12.1 Å². The average molecular weight is 401 g/mol. The van der Waals surface area contributed by atoms with Crippen molar-refractivity contribution >= 4 is 35.0 Å². The summed E-state index contributed by atoms with van der Waals surface area (Å²) in [5.74, 6) is 1.35. The van der Waals surface area contributed by atoms with Crippen LogP contribution < -0.4 is 5.32 Å². The van der Waals surface area contributed by atoms with Crippen LogP contribution in [-0.2, 0) is 11.8 Å². The molecule has 1 heterocycles. The van der Waals surface area contributed by atoms with E-state index in [2.05, 4.69) is 53.6 Å². The van der Waals surface area contributed by atoms with Gasteiger partial charge in [0.1, 0.15) is 0 Å².